The fraction of sp³-hybridized carbons (Fsp3) is 1.00. The number of nitrogens with zero attached hydrogens (tertiary/aromatic N) is 1. The molecule has 2 aliphatic rings. The number of aliphatic hydroxyl groups excluding tert-OH is 1. The zero-order chi connectivity index (χ0) is 13.5. The van der Waals surface area contributed by atoms with E-state index >= 15 is 0 Å². The summed E-state index contributed by atoms with van der Waals surface area (Å²) in [4.78, 5) is 2.62. The number of aliphatic hydroxyl groups is 1. The number of piperidine rings is 1. The van der Waals surface area contributed by atoms with E-state index in [1.807, 2.05) is 0 Å². The molecule has 0 aromatic rings. The van der Waals surface area contributed by atoms with Crippen molar-refractivity contribution in [1.29, 1.82) is 0 Å². The van der Waals surface area contributed by atoms with Gasteiger partial charge in [0.15, 0.2) is 0 Å². The molecule has 0 aromatic heterocycles. The molecule has 0 bridgehead atoms. The zero-order valence-electron chi connectivity index (χ0n) is 12.8. The molecule has 0 aromatic carbocycles. The molecule has 0 amide bonds. The fourth-order valence-electron chi connectivity index (χ4n) is 4.07. The third kappa shape index (κ3) is 2.91. The van der Waals surface area contributed by atoms with Crippen molar-refractivity contribution in [1.82, 2.24) is 4.90 Å². The van der Waals surface area contributed by atoms with Crippen molar-refractivity contribution >= 4 is 0 Å². The maximum atomic E-state index is 10.4. The van der Waals surface area contributed by atoms with Crippen LogP contribution in [0.4, 0.5) is 0 Å². The molecule has 106 valence electrons. The molecule has 5 atom stereocenters. The summed E-state index contributed by atoms with van der Waals surface area (Å²) < 4.78 is 0. The quantitative estimate of drug-likeness (QED) is 0.775. The van der Waals surface area contributed by atoms with Crippen molar-refractivity contribution in [3.63, 3.8) is 0 Å². The van der Waals surface area contributed by atoms with E-state index in [1.54, 1.807) is 0 Å². The van der Waals surface area contributed by atoms with Crippen LogP contribution in [0.3, 0.4) is 0 Å². The highest BCUT2D eigenvalue weighted by molar-refractivity contribution is 4.95. The van der Waals surface area contributed by atoms with Crippen LogP contribution >= 0.6 is 0 Å². The smallest absolute Gasteiger partial charge is 0.0695 e. The van der Waals surface area contributed by atoms with Crippen LogP contribution in [-0.2, 0) is 0 Å². The van der Waals surface area contributed by atoms with Gasteiger partial charge >= 0.3 is 0 Å². The highest BCUT2D eigenvalue weighted by Gasteiger charge is 2.41. The Hall–Kier alpha value is -0.0800. The first-order valence-electron chi connectivity index (χ1n) is 7.74. The Morgan fingerprint density at radius 2 is 1.83 bits per heavy atom. The summed E-state index contributed by atoms with van der Waals surface area (Å²) in [5.41, 5.74) is 0.396. The molecule has 1 saturated heterocycles. The van der Waals surface area contributed by atoms with Gasteiger partial charge in [0.2, 0.25) is 0 Å². The maximum absolute atomic E-state index is 10.4. The second kappa shape index (κ2) is 5.13. The highest BCUT2D eigenvalue weighted by Crippen LogP contribution is 2.40. The van der Waals surface area contributed by atoms with Gasteiger partial charge in [-0.25, -0.2) is 0 Å². The Labute approximate surface area is 113 Å². The number of hydrogen-bond acceptors (Lipinski definition) is 2. The van der Waals surface area contributed by atoms with Crippen molar-refractivity contribution in [3.05, 3.63) is 0 Å². The van der Waals surface area contributed by atoms with Crippen molar-refractivity contribution in [2.24, 2.45) is 17.3 Å². The molecule has 2 rings (SSSR count). The number of rotatable bonds is 1. The van der Waals surface area contributed by atoms with Crippen LogP contribution < -0.4 is 0 Å². The van der Waals surface area contributed by atoms with Gasteiger partial charge in [0, 0.05) is 18.6 Å². The molecule has 0 spiro atoms. The minimum atomic E-state index is -0.113. The first-order valence-corrected chi connectivity index (χ1v) is 7.74. The zero-order valence-corrected chi connectivity index (χ0v) is 12.8. The van der Waals surface area contributed by atoms with Crippen LogP contribution in [0.15, 0.2) is 0 Å². The van der Waals surface area contributed by atoms with Gasteiger partial charge in [0.05, 0.1) is 6.10 Å². The first kappa shape index (κ1) is 14.3. The van der Waals surface area contributed by atoms with Crippen LogP contribution in [0.5, 0.6) is 0 Å². The number of hydrogen-bond donors (Lipinski definition) is 1. The van der Waals surface area contributed by atoms with Gasteiger partial charge in [-0.3, -0.25) is 4.90 Å². The van der Waals surface area contributed by atoms with E-state index in [9.17, 15) is 5.11 Å². The van der Waals surface area contributed by atoms with Gasteiger partial charge in [-0.1, -0.05) is 27.7 Å². The summed E-state index contributed by atoms with van der Waals surface area (Å²) >= 11 is 0. The lowest BCUT2D eigenvalue weighted by atomic mass is 9.72. The molecule has 1 heterocycles. The van der Waals surface area contributed by atoms with E-state index in [2.05, 4.69) is 39.5 Å². The van der Waals surface area contributed by atoms with Crippen LogP contribution in [-0.4, -0.2) is 34.7 Å². The highest BCUT2D eigenvalue weighted by atomic mass is 16.3. The maximum Gasteiger partial charge on any atom is 0.0695 e. The second-order valence-corrected chi connectivity index (χ2v) is 7.80. The lowest BCUT2D eigenvalue weighted by molar-refractivity contribution is -0.0615. The molecule has 1 saturated carbocycles. The van der Waals surface area contributed by atoms with Crippen molar-refractivity contribution in [2.45, 2.75) is 78.5 Å². The van der Waals surface area contributed by atoms with Gasteiger partial charge < -0.3 is 5.11 Å². The molecule has 2 nitrogen and oxygen atoms in total. The minimum absolute atomic E-state index is 0.113. The van der Waals surface area contributed by atoms with Gasteiger partial charge in [0.1, 0.15) is 0 Å². The topological polar surface area (TPSA) is 23.5 Å². The third-order valence-corrected chi connectivity index (χ3v) is 5.39. The van der Waals surface area contributed by atoms with Gasteiger partial charge in [-0.05, 0) is 49.9 Å². The minimum Gasteiger partial charge on any atom is -0.391 e. The van der Waals surface area contributed by atoms with E-state index in [0.717, 1.165) is 31.1 Å². The number of likely N-dealkylation sites (tertiary alicyclic amines) is 1. The van der Waals surface area contributed by atoms with Gasteiger partial charge in [-0.2, -0.15) is 0 Å². The van der Waals surface area contributed by atoms with Crippen LogP contribution in [0.25, 0.3) is 0 Å². The monoisotopic (exact) mass is 253 g/mol. The third-order valence-electron chi connectivity index (χ3n) is 5.39. The predicted molar refractivity (Wildman–Crippen MR) is 76.5 cm³/mol. The van der Waals surface area contributed by atoms with E-state index in [1.165, 1.54) is 13.0 Å². The van der Waals surface area contributed by atoms with Crippen LogP contribution in [0.2, 0.25) is 0 Å². The van der Waals surface area contributed by atoms with E-state index < -0.39 is 0 Å². The molecule has 1 N–H and O–H groups in total. The molecule has 0 radical (unpaired) electrons. The molecule has 2 fully saturated rings. The Morgan fingerprint density at radius 1 is 1.17 bits per heavy atom. The average molecular weight is 253 g/mol. The molecule has 18 heavy (non-hydrogen) atoms. The lowest BCUT2D eigenvalue weighted by Crippen LogP contribution is -2.57. The summed E-state index contributed by atoms with van der Waals surface area (Å²) in [5, 5.41) is 10.4. The summed E-state index contributed by atoms with van der Waals surface area (Å²) in [6.45, 7) is 13.0. The molecule has 1 aliphatic heterocycles. The van der Waals surface area contributed by atoms with E-state index in [-0.39, 0.29) is 6.10 Å². The van der Waals surface area contributed by atoms with Crippen molar-refractivity contribution in [3.8, 4) is 0 Å². The standard InChI is InChI=1S/C16H31NO/c1-11-8-12(2)13(3)17(10-11)14-9-16(4,5)7-6-15(14)18/h11-15,18H,6-10H2,1-5H3. The molecule has 2 heteroatoms. The largest absolute Gasteiger partial charge is 0.391 e. The predicted octanol–water partition coefficient (Wildman–Crippen LogP) is 3.29. The first-order chi connectivity index (χ1) is 8.30. The summed E-state index contributed by atoms with van der Waals surface area (Å²) in [5.74, 6) is 1.53. The average Bonchev–Trinajstić information content (AvgIpc) is 2.27. The summed E-state index contributed by atoms with van der Waals surface area (Å²) in [7, 11) is 0. The normalized spacial score (nSPS) is 46.0. The van der Waals surface area contributed by atoms with Gasteiger partial charge in [0.25, 0.3) is 0 Å². The SMILES string of the molecule is CC1CC(C)C(C)N(C2CC(C)(C)CCC2O)C1. The van der Waals surface area contributed by atoms with Gasteiger partial charge in [-0.15, -0.1) is 0 Å². The molecular weight excluding hydrogens is 222 g/mol. The summed E-state index contributed by atoms with van der Waals surface area (Å²) in [6, 6.07) is 1.00. The summed E-state index contributed by atoms with van der Waals surface area (Å²) in [6.07, 6.45) is 4.52. The fourth-order valence-corrected chi connectivity index (χ4v) is 4.07. The Balaban J connectivity index is 2.12. The molecule has 5 unspecified atom stereocenters. The van der Waals surface area contributed by atoms with Crippen molar-refractivity contribution < 1.29 is 5.11 Å². The van der Waals surface area contributed by atoms with Crippen LogP contribution in [0.1, 0.15) is 60.3 Å². The lowest BCUT2D eigenvalue weighted by Gasteiger charge is -2.50. The van der Waals surface area contributed by atoms with E-state index in [0.29, 0.717) is 17.5 Å². The van der Waals surface area contributed by atoms with Crippen LogP contribution in [0, 0.1) is 17.3 Å². The Morgan fingerprint density at radius 3 is 2.50 bits per heavy atom. The molecule has 1 aliphatic carbocycles. The van der Waals surface area contributed by atoms with Crippen molar-refractivity contribution in [2.75, 3.05) is 6.54 Å². The second-order valence-electron chi connectivity index (χ2n) is 7.80. The van der Waals surface area contributed by atoms with E-state index in [4.69, 9.17) is 0 Å². The Kier molecular flexibility index (Phi) is 4.08. The molecular formula is C16H31NO. The Bertz CT molecular complexity index is 289.